The number of carbonyl (C=O) groups is 2. The van der Waals surface area contributed by atoms with Gasteiger partial charge in [-0.25, -0.2) is 13.8 Å². The van der Waals surface area contributed by atoms with Gasteiger partial charge in [-0.15, -0.1) is 0 Å². The van der Waals surface area contributed by atoms with Crippen LogP contribution >= 0.6 is 0 Å². The number of halogens is 3. The molecule has 0 aromatic heterocycles. The van der Waals surface area contributed by atoms with Crippen molar-refractivity contribution in [2.75, 3.05) is 19.7 Å². The number of piperidine rings is 1. The molecule has 0 spiro atoms. The number of hydrogen-bond acceptors (Lipinski definition) is 7. The van der Waals surface area contributed by atoms with Gasteiger partial charge >= 0.3 is 27.7 Å². The van der Waals surface area contributed by atoms with Crippen molar-refractivity contribution in [1.82, 2.24) is 4.90 Å². The summed E-state index contributed by atoms with van der Waals surface area (Å²) in [7, 11) is -5.92. The largest absolute Gasteiger partial charge is 0.523 e. The Morgan fingerprint density at radius 2 is 1.65 bits per heavy atom. The number of amides is 1. The summed E-state index contributed by atoms with van der Waals surface area (Å²) >= 11 is 0. The molecule has 0 aromatic carbocycles. The van der Waals surface area contributed by atoms with Crippen molar-refractivity contribution in [3.8, 4) is 0 Å². The van der Waals surface area contributed by atoms with E-state index < -0.39 is 39.4 Å². The Morgan fingerprint density at radius 3 is 2.10 bits per heavy atom. The Labute approximate surface area is 181 Å². The second kappa shape index (κ2) is 10.8. The average molecular weight is 476 g/mol. The lowest BCUT2D eigenvalue weighted by molar-refractivity contribution is -0.152. The minimum absolute atomic E-state index is 0.0325. The monoisotopic (exact) mass is 475 g/mol. The van der Waals surface area contributed by atoms with E-state index in [1.165, 1.54) is 6.92 Å². The zero-order valence-electron chi connectivity index (χ0n) is 18.5. The van der Waals surface area contributed by atoms with Crippen LogP contribution < -0.4 is 0 Å². The SMILES string of the molecule is CCOC(=O)C(CCC(C)C1CCN(C(=O)OC(C)(C)C)CC1)OS(=O)(=O)C(F)(F)F. The Balaban J connectivity index is 2.65. The van der Waals surface area contributed by atoms with Crippen LogP contribution in [0.3, 0.4) is 0 Å². The van der Waals surface area contributed by atoms with Crippen LogP contribution in [-0.2, 0) is 28.6 Å². The van der Waals surface area contributed by atoms with Crippen LogP contribution in [0.5, 0.6) is 0 Å². The van der Waals surface area contributed by atoms with Crippen molar-refractivity contribution in [3.63, 3.8) is 0 Å². The summed E-state index contributed by atoms with van der Waals surface area (Å²) in [5, 5.41) is 0. The highest BCUT2D eigenvalue weighted by molar-refractivity contribution is 7.87. The minimum Gasteiger partial charge on any atom is -0.464 e. The number of nitrogens with zero attached hydrogens (tertiary/aromatic N) is 1. The van der Waals surface area contributed by atoms with Gasteiger partial charge in [-0.2, -0.15) is 21.6 Å². The Hall–Kier alpha value is -1.56. The van der Waals surface area contributed by atoms with Gasteiger partial charge in [-0.1, -0.05) is 6.92 Å². The van der Waals surface area contributed by atoms with E-state index in [1.807, 2.05) is 6.92 Å². The smallest absolute Gasteiger partial charge is 0.464 e. The number of rotatable bonds is 8. The fourth-order valence-electron chi connectivity index (χ4n) is 3.28. The number of alkyl halides is 3. The van der Waals surface area contributed by atoms with E-state index in [9.17, 15) is 31.2 Å². The lowest BCUT2D eigenvalue weighted by Crippen LogP contribution is -2.42. The molecule has 1 rings (SSSR count). The zero-order chi connectivity index (χ0) is 24.0. The number of esters is 1. The lowest BCUT2D eigenvalue weighted by Gasteiger charge is -2.36. The summed E-state index contributed by atoms with van der Waals surface area (Å²) in [6.07, 6.45) is -0.920. The van der Waals surface area contributed by atoms with Gasteiger partial charge in [-0.05, 0) is 65.2 Å². The Morgan fingerprint density at radius 1 is 1.10 bits per heavy atom. The second-order valence-electron chi connectivity index (χ2n) is 8.60. The maximum absolute atomic E-state index is 12.6. The van der Waals surface area contributed by atoms with Crippen LogP contribution in [0.15, 0.2) is 0 Å². The highest BCUT2D eigenvalue weighted by Crippen LogP contribution is 2.31. The van der Waals surface area contributed by atoms with E-state index in [-0.39, 0.29) is 31.3 Å². The van der Waals surface area contributed by atoms with Gasteiger partial charge in [-0.3, -0.25) is 0 Å². The molecule has 1 heterocycles. The van der Waals surface area contributed by atoms with E-state index in [4.69, 9.17) is 4.74 Å². The molecule has 0 aromatic rings. The Kier molecular flexibility index (Phi) is 9.61. The summed E-state index contributed by atoms with van der Waals surface area (Å²) in [5.41, 5.74) is -6.22. The molecule has 1 amide bonds. The first kappa shape index (κ1) is 27.5. The van der Waals surface area contributed by atoms with Gasteiger partial charge in [0.2, 0.25) is 0 Å². The maximum atomic E-state index is 12.6. The molecule has 1 aliphatic rings. The summed E-state index contributed by atoms with van der Waals surface area (Å²) in [4.78, 5) is 25.7. The van der Waals surface area contributed by atoms with Gasteiger partial charge in [0.25, 0.3) is 0 Å². The van der Waals surface area contributed by atoms with Crippen LogP contribution in [-0.4, -0.2) is 62.3 Å². The van der Waals surface area contributed by atoms with Gasteiger partial charge < -0.3 is 14.4 Å². The molecule has 2 atom stereocenters. The van der Waals surface area contributed by atoms with Gasteiger partial charge in [0.05, 0.1) is 6.61 Å². The molecule has 1 aliphatic heterocycles. The number of hydrogen-bond donors (Lipinski definition) is 0. The van der Waals surface area contributed by atoms with Crippen molar-refractivity contribution in [3.05, 3.63) is 0 Å². The van der Waals surface area contributed by atoms with Crippen LogP contribution in [0.2, 0.25) is 0 Å². The number of carbonyl (C=O) groups excluding carboxylic acids is 2. The third-order valence-electron chi connectivity index (χ3n) is 4.96. The summed E-state index contributed by atoms with van der Waals surface area (Å²) in [5.74, 6) is -1.03. The molecule has 182 valence electrons. The molecule has 0 radical (unpaired) electrons. The number of ether oxygens (including phenoxy) is 2. The van der Waals surface area contributed by atoms with E-state index in [0.717, 1.165) is 0 Å². The van der Waals surface area contributed by atoms with Crippen molar-refractivity contribution < 1.29 is 44.8 Å². The molecular weight excluding hydrogens is 443 g/mol. The minimum atomic E-state index is -5.92. The highest BCUT2D eigenvalue weighted by Gasteiger charge is 2.49. The van der Waals surface area contributed by atoms with Crippen molar-refractivity contribution >= 4 is 22.2 Å². The first-order chi connectivity index (χ1) is 14.1. The van der Waals surface area contributed by atoms with E-state index >= 15 is 0 Å². The van der Waals surface area contributed by atoms with Gasteiger partial charge in [0, 0.05) is 13.1 Å². The normalized spacial score (nSPS) is 18.4. The lowest BCUT2D eigenvalue weighted by atomic mass is 9.82. The fourth-order valence-corrected chi connectivity index (χ4v) is 3.87. The first-order valence-electron chi connectivity index (χ1n) is 10.2. The van der Waals surface area contributed by atoms with Crippen LogP contribution in [0.4, 0.5) is 18.0 Å². The molecule has 0 saturated carbocycles. The van der Waals surface area contributed by atoms with Crippen molar-refractivity contribution in [2.45, 2.75) is 77.5 Å². The van der Waals surface area contributed by atoms with Crippen molar-refractivity contribution in [1.29, 1.82) is 0 Å². The van der Waals surface area contributed by atoms with E-state index in [0.29, 0.717) is 25.9 Å². The van der Waals surface area contributed by atoms with E-state index in [1.54, 1.807) is 25.7 Å². The van der Waals surface area contributed by atoms with Crippen LogP contribution in [0, 0.1) is 11.8 Å². The van der Waals surface area contributed by atoms with Crippen LogP contribution in [0.1, 0.15) is 60.3 Å². The van der Waals surface area contributed by atoms with Crippen molar-refractivity contribution in [2.24, 2.45) is 11.8 Å². The molecule has 12 heteroatoms. The molecule has 1 fully saturated rings. The molecule has 1 saturated heterocycles. The highest BCUT2D eigenvalue weighted by atomic mass is 32.2. The predicted octanol–water partition coefficient (Wildman–Crippen LogP) is 3.85. The topological polar surface area (TPSA) is 99.2 Å². The molecular formula is C19H32F3NO7S. The molecule has 0 aliphatic carbocycles. The molecule has 2 unspecified atom stereocenters. The third kappa shape index (κ3) is 8.83. The predicted molar refractivity (Wildman–Crippen MR) is 105 cm³/mol. The van der Waals surface area contributed by atoms with Crippen LogP contribution in [0.25, 0.3) is 0 Å². The zero-order valence-corrected chi connectivity index (χ0v) is 19.3. The summed E-state index contributed by atoms with van der Waals surface area (Å²) in [6.45, 7) is 9.49. The Bertz CT molecular complexity index is 711. The van der Waals surface area contributed by atoms with E-state index in [2.05, 4.69) is 8.92 Å². The standard InChI is InChI=1S/C19H32F3NO7S/c1-6-28-16(24)15(30-31(26,27)19(20,21)22)8-7-13(2)14-9-11-23(12-10-14)17(25)29-18(3,4)5/h13-15H,6-12H2,1-5H3. The molecule has 0 N–H and O–H groups in total. The first-order valence-corrected chi connectivity index (χ1v) is 11.6. The maximum Gasteiger partial charge on any atom is 0.523 e. The average Bonchev–Trinajstić information content (AvgIpc) is 2.62. The molecule has 8 nitrogen and oxygen atoms in total. The summed E-state index contributed by atoms with van der Waals surface area (Å²) < 4.78 is 74.7. The van der Waals surface area contributed by atoms with Gasteiger partial charge in [0.15, 0.2) is 6.10 Å². The third-order valence-corrected chi connectivity index (χ3v) is 6.01. The fraction of sp³-hybridized carbons (Fsp3) is 0.895. The quantitative estimate of drug-likeness (QED) is 0.299. The second-order valence-corrected chi connectivity index (χ2v) is 10.2. The molecule has 0 bridgehead atoms. The molecule has 31 heavy (non-hydrogen) atoms. The van der Waals surface area contributed by atoms with Gasteiger partial charge in [0.1, 0.15) is 5.60 Å². The summed E-state index contributed by atoms with van der Waals surface area (Å²) in [6, 6.07) is 0. The number of likely N-dealkylation sites (tertiary alicyclic amines) is 1.